The topological polar surface area (TPSA) is 69.4 Å². The first-order valence-electron chi connectivity index (χ1n) is 6.13. The molecule has 2 unspecified atom stereocenters. The highest BCUT2D eigenvalue weighted by molar-refractivity contribution is 6.42. The summed E-state index contributed by atoms with van der Waals surface area (Å²) in [5.74, 6) is 0.147. The molecule has 1 saturated carbocycles. The minimum atomic E-state index is -0.597. The molecule has 5 nitrogen and oxygen atoms in total. The first-order valence-corrected chi connectivity index (χ1v) is 6.88. The van der Waals surface area contributed by atoms with E-state index in [1.165, 1.54) is 6.07 Å². The van der Waals surface area contributed by atoms with Gasteiger partial charge in [-0.1, -0.05) is 30.1 Å². The van der Waals surface area contributed by atoms with Gasteiger partial charge in [0.05, 0.1) is 20.4 Å². The lowest BCUT2D eigenvalue weighted by Gasteiger charge is -2.44. The van der Waals surface area contributed by atoms with E-state index in [0.717, 1.165) is 6.07 Å². The zero-order valence-electron chi connectivity index (χ0n) is 11.0. The van der Waals surface area contributed by atoms with Crippen molar-refractivity contribution in [1.82, 2.24) is 0 Å². The number of carbonyl (C=O) groups excluding carboxylic acids is 1. The van der Waals surface area contributed by atoms with E-state index in [9.17, 15) is 14.9 Å². The van der Waals surface area contributed by atoms with Gasteiger partial charge in [-0.25, -0.2) is 0 Å². The van der Waals surface area contributed by atoms with E-state index in [0.29, 0.717) is 6.42 Å². The summed E-state index contributed by atoms with van der Waals surface area (Å²) in [4.78, 5) is 22.1. The van der Waals surface area contributed by atoms with Crippen LogP contribution in [0, 0.1) is 15.5 Å². The van der Waals surface area contributed by atoms with Gasteiger partial charge < -0.3 is 4.74 Å². The third kappa shape index (κ3) is 2.36. The van der Waals surface area contributed by atoms with E-state index in [-0.39, 0.29) is 39.8 Å². The summed E-state index contributed by atoms with van der Waals surface area (Å²) in [5, 5.41) is 11.3. The molecule has 1 fully saturated rings. The van der Waals surface area contributed by atoms with Crippen molar-refractivity contribution in [3.05, 3.63) is 32.3 Å². The lowest BCUT2D eigenvalue weighted by atomic mass is 9.64. The summed E-state index contributed by atoms with van der Waals surface area (Å²) in [6.07, 6.45) is 0.490. The standard InChI is InChI=1S/C13H13Cl2NO4/c1-3-13(2)11(17)6-12(13)20-10-5-8(15)7(14)4-9(10)16(18)19/h4-5,12H,3,6H2,1-2H3. The second-order valence-corrected chi connectivity index (χ2v) is 5.81. The van der Waals surface area contributed by atoms with Crippen molar-refractivity contribution in [3.8, 4) is 5.75 Å². The number of carbonyl (C=O) groups is 1. The van der Waals surface area contributed by atoms with Crippen LogP contribution in [-0.4, -0.2) is 16.8 Å². The van der Waals surface area contributed by atoms with Crippen LogP contribution in [0.15, 0.2) is 12.1 Å². The normalized spacial score (nSPS) is 25.2. The SMILES string of the molecule is CCC1(C)C(=O)CC1Oc1cc(Cl)c(Cl)cc1[N+](=O)[O-]. The maximum atomic E-state index is 11.7. The Morgan fingerprint density at radius 3 is 2.55 bits per heavy atom. The van der Waals surface area contributed by atoms with Gasteiger partial charge in [0.2, 0.25) is 0 Å². The molecule has 0 aliphatic heterocycles. The fourth-order valence-corrected chi connectivity index (χ4v) is 2.49. The first kappa shape index (κ1) is 15.1. The lowest BCUT2D eigenvalue weighted by molar-refractivity contribution is -0.386. The molecule has 0 saturated heterocycles. The number of benzene rings is 1. The number of nitro benzene ring substituents is 1. The Kier molecular flexibility index (Phi) is 3.93. The van der Waals surface area contributed by atoms with Crippen molar-refractivity contribution in [2.24, 2.45) is 5.41 Å². The molecule has 0 aromatic heterocycles. The van der Waals surface area contributed by atoms with E-state index >= 15 is 0 Å². The summed E-state index contributed by atoms with van der Waals surface area (Å²) >= 11 is 11.6. The Morgan fingerprint density at radius 1 is 1.45 bits per heavy atom. The molecule has 1 aliphatic carbocycles. The van der Waals surface area contributed by atoms with Crippen molar-refractivity contribution >= 4 is 34.7 Å². The Hall–Kier alpha value is -1.33. The predicted octanol–water partition coefficient (Wildman–Crippen LogP) is 4.04. The van der Waals surface area contributed by atoms with Crippen molar-refractivity contribution in [3.63, 3.8) is 0 Å². The zero-order valence-corrected chi connectivity index (χ0v) is 12.5. The van der Waals surface area contributed by atoms with Crippen molar-refractivity contribution in [1.29, 1.82) is 0 Å². The largest absolute Gasteiger partial charge is 0.482 e. The van der Waals surface area contributed by atoms with Crippen LogP contribution in [0.25, 0.3) is 0 Å². The summed E-state index contributed by atoms with van der Waals surface area (Å²) < 4.78 is 5.65. The fourth-order valence-electron chi connectivity index (χ4n) is 2.18. The third-order valence-corrected chi connectivity index (χ3v) is 4.64. The van der Waals surface area contributed by atoms with Gasteiger partial charge in [0.1, 0.15) is 11.9 Å². The van der Waals surface area contributed by atoms with E-state index in [1.54, 1.807) is 6.92 Å². The van der Waals surface area contributed by atoms with Gasteiger partial charge >= 0.3 is 5.69 Å². The van der Waals surface area contributed by atoms with Crippen molar-refractivity contribution < 1.29 is 14.5 Å². The number of hydrogen-bond donors (Lipinski definition) is 0. The number of ether oxygens (including phenoxy) is 1. The van der Waals surface area contributed by atoms with E-state index in [4.69, 9.17) is 27.9 Å². The van der Waals surface area contributed by atoms with Crippen molar-refractivity contribution in [2.75, 3.05) is 0 Å². The fraction of sp³-hybridized carbons (Fsp3) is 0.462. The van der Waals surface area contributed by atoms with Crippen LogP contribution in [0.3, 0.4) is 0 Å². The number of rotatable bonds is 4. The molecule has 1 aromatic rings. The predicted molar refractivity (Wildman–Crippen MR) is 75.6 cm³/mol. The molecule has 1 aromatic carbocycles. The average Bonchev–Trinajstić information content (AvgIpc) is 2.40. The van der Waals surface area contributed by atoms with E-state index in [1.807, 2.05) is 6.92 Å². The quantitative estimate of drug-likeness (QED) is 0.620. The van der Waals surface area contributed by atoms with Crippen LogP contribution >= 0.6 is 23.2 Å². The number of nitrogens with zero attached hydrogens (tertiary/aromatic N) is 1. The minimum Gasteiger partial charge on any atom is -0.482 e. The number of Topliss-reactive ketones (excluding diaryl/α,β-unsaturated/α-hetero) is 1. The molecule has 1 aliphatic rings. The molecule has 2 atom stereocenters. The first-order chi connectivity index (χ1) is 9.29. The molecule has 0 bridgehead atoms. The molecular formula is C13H13Cl2NO4. The molecule has 0 heterocycles. The molecule has 0 amide bonds. The van der Waals surface area contributed by atoms with Crippen LogP contribution in [0.5, 0.6) is 5.75 Å². The van der Waals surface area contributed by atoms with Crippen LogP contribution in [-0.2, 0) is 4.79 Å². The second-order valence-electron chi connectivity index (χ2n) is 5.00. The summed E-state index contributed by atoms with van der Waals surface area (Å²) in [6, 6.07) is 2.48. The van der Waals surface area contributed by atoms with Gasteiger partial charge in [-0.05, 0) is 13.3 Å². The third-order valence-electron chi connectivity index (χ3n) is 3.92. The maximum absolute atomic E-state index is 11.7. The zero-order chi connectivity index (χ0) is 15.1. The van der Waals surface area contributed by atoms with Gasteiger partial charge in [-0.3, -0.25) is 14.9 Å². The molecule has 108 valence electrons. The molecule has 2 rings (SSSR count). The van der Waals surface area contributed by atoms with Crippen LogP contribution in [0.2, 0.25) is 10.0 Å². The van der Waals surface area contributed by atoms with Crippen LogP contribution < -0.4 is 4.74 Å². The van der Waals surface area contributed by atoms with E-state index in [2.05, 4.69) is 0 Å². The number of halogens is 2. The average molecular weight is 318 g/mol. The molecule has 0 N–H and O–H groups in total. The highest BCUT2D eigenvalue weighted by Gasteiger charge is 2.52. The van der Waals surface area contributed by atoms with Gasteiger partial charge in [0, 0.05) is 18.6 Å². The number of nitro groups is 1. The summed E-state index contributed by atoms with van der Waals surface area (Å²) in [5.41, 5.74) is -0.850. The highest BCUT2D eigenvalue weighted by Crippen LogP contribution is 2.45. The smallest absolute Gasteiger partial charge is 0.312 e. The lowest BCUT2D eigenvalue weighted by Crippen LogP contribution is -2.54. The molecule has 20 heavy (non-hydrogen) atoms. The van der Waals surface area contributed by atoms with Gasteiger partial charge in [-0.2, -0.15) is 0 Å². The summed E-state index contributed by atoms with van der Waals surface area (Å²) in [6.45, 7) is 3.68. The Labute approximate surface area is 126 Å². The molecule has 0 spiro atoms. The number of hydrogen-bond acceptors (Lipinski definition) is 4. The minimum absolute atomic E-state index is 0.0431. The summed E-state index contributed by atoms with van der Waals surface area (Å²) in [7, 11) is 0. The van der Waals surface area contributed by atoms with Crippen molar-refractivity contribution in [2.45, 2.75) is 32.8 Å². The molecular weight excluding hydrogens is 305 g/mol. The Balaban J connectivity index is 2.33. The molecule has 7 heteroatoms. The van der Waals surface area contributed by atoms with Crippen LogP contribution in [0.4, 0.5) is 5.69 Å². The Bertz CT molecular complexity index is 590. The monoisotopic (exact) mass is 317 g/mol. The Morgan fingerprint density at radius 2 is 2.05 bits per heavy atom. The second kappa shape index (κ2) is 5.22. The van der Waals surface area contributed by atoms with Gasteiger partial charge in [0.15, 0.2) is 5.75 Å². The molecule has 0 radical (unpaired) electrons. The van der Waals surface area contributed by atoms with Crippen LogP contribution in [0.1, 0.15) is 26.7 Å². The maximum Gasteiger partial charge on any atom is 0.312 e. The highest BCUT2D eigenvalue weighted by atomic mass is 35.5. The van der Waals surface area contributed by atoms with E-state index < -0.39 is 10.3 Å². The number of ketones is 1. The van der Waals surface area contributed by atoms with Gasteiger partial charge in [0.25, 0.3) is 0 Å². The van der Waals surface area contributed by atoms with Gasteiger partial charge in [-0.15, -0.1) is 0 Å².